The van der Waals surface area contributed by atoms with Crippen molar-refractivity contribution in [3.8, 4) is 5.75 Å². The Morgan fingerprint density at radius 3 is 2.74 bits per heavy atom. The summed E-state index contributed by atoms with van der Waals surface area (Å²) in [7, 11) is -3.87. The minimum Gasteiger partial charge on any atom is -0.490 e. The van der Waals surface area contributed by atoms with Gasteiger partial charge in [0.2, 0.25) is 0 Å². The number of anilines is 1. The highest BCUT2D eigenvalue weighted by atomic mass is 32.2. The number of hydrogen-bond acceptors (Lipinski definition) is 6. The summed E-state index contributed by atoms with van der Waals surface area (Å²) in [6.45, 7) is 3.76. The molecule has 0 aliphatic carbocycles. The number of nitrogens with two attached hydrogens (primary N) is 1. The van der Waals surface area contributed by atoms with Crippen molar-refractivity contribution in [2.75, 3.05) is 11.3 Å². The van der Waals surface area contributed by atoms with Gasteiger partial charge in [0.25, 0.3) is 5.91 Å². The highest BCUT2D eigenvalue weighted by Gasteiger charge is 2.27. The molecule has 1 amide bonds. The number of amidine groups is 1. The largest absolute Gasteiger partial charge is 0.490 e. The molecule has 2 aromatic carbocycles. The van der Waals surface area contributed by atoms with Crippen LogP contribution < -0.4 is 20.5 Å². The first-order valence-electron chi connectivity index (χ1n) is 9.46. The number of nitrogens with zero attached hydrogens (tertiary/aromatic N) is 2. The second kappa shape index (κ2) is 7.55. The average molecular weight is 439 g/mol. The molecule has 1 aliphatic heterocycles. The lowest BCUT2D eigenvalue weighted by Crippen LogP contribution is -2.48. The van der Waals surface area contributed by atoms with E-state index in [9.17, 15) is 13.2 Å². The van der Waals surface area contributed by atoms with Crippen LogP contribution in [0.3, 0.4) is 0 Å². The molecule has 0 spiro atoms. The van der Waals surface area contributed by atoms with Crippen molar-refractivity contribution in [1.29, 1.82) is 0 Å². The Morgan fingerprint density at radius 1 is 1.16 bits per heavy atom. The van der Waals surface area contributed by atoms with Gasteiger partial charge in [0.1, 0.15) is 12.4 Å². The predicted molar refractivity (Wildman–Crippen MR) is 118 cm³/mol. The Kier molecular flexibility index (Phi) is 5.02. The molecular formula is C21H21N5O4S. The summed E-state index contributed by atoms with van der Waals surface area (Å²) in [6, 6.07) is 14.0. The molecule has 0 unspecified atom stereocenters. The van der Waals surface area contributed by atoms with Crippen LogP contribution in [0, 0.1) is 0 Å². The third kappa shape index (κ3) is 4.29. The number of benzene rings is 2. The van der Waals surface area contributed by atoms with Gasteiger partial charge in [0.15, 0.2) is 5.84 Å². The molecular weight excluding hydrogens is 418 g/mol. The maximum Gasteiger partial charge on any atom is 0.344 e. The molecule has 4 rings (SSSR count). The van der Waals surface area contributed by atoms with E-state index in [1.165, 1.54) is 0 Å². The minimum absolute atomic E-state index is 0.109. The summed E-state index contributed by atoms with van der Waals surface area (Å²) in [4.78, 5) is 17.2. The number of aromatic nitrogens is 1. The van der Waals surface area contributed by atoms with Crippen LogP contribution in [-0.2, 0) is 10.2 Å². The zero-order valence-corrected chi connectivity index (χ0v) is 17.7. The second-order valence-corrected chi connectivity index (χ2v) is 9.07. The third-order valence-corrected chi connectivity index (χ3v) is 5.59. The maximum absolute atomic E-state index is 12.9. The van der Waals surface area contributed by atoms with Crippen LogP contribution in [0.4, 0.5) is 5.69 Å². The van der Waals surface area contributed by atoms with Gasteiger partial charge in [-0.05, 0) is 38.1 Å². The topological polar surface area (TPSA) is 136 Å². The molecule has 0 saturated heterocycles. The Balaban J connectivity index is 1.52. The van der Waals surface area contributed by atoms with Crippen molar-refractivity contribution in [1.82, 2.24) is 10.3 Å². The number of nitrogens with one attached hydrogen (secondary N) is 2. The molecule has 2 heterocycles. The Hall–Kier alpha value is -3.66. The molecule has 4 N–H and O–H groups in total. The molecule has 0 saturated carbocycles. The van der Waals surface area contributed by atoms with Crippen LogP contribution in [-0.4, -0.2) is 37.3 Å². The van der Waals surface area contributed by atoms with Gasteiger partial charge < -0.3 is 15.8 Å². The highest BCUT2D eigenvalue weighted by molar-refractivity contribution is 7.91. The zero-order chi connectivity index (χ0) is 22.2. The van der Waals surface area contributed by atoms with Crippen LogP contribution in [0.15, 0.2) is 59.1 Å². The van der Waals surface area contributed by atoms with E-state index in [0.29, 0.717) is 16.9 Å². The van der Waals surface area contributed by atoms with E-state index in [4.69, 9.17) is 10.5 Å². The van der Waals surface area contributed by atoms with Crippen molar-refractivity contribution >= 4 is 38.5 Å². The molecule has 0 fully saturated rings. The summed E-state index contributed by atoms with van der Waals surface area (Å²) in [5, 5.41) is 3.73. The number of para-hydroxylation sites is 1. The van der Waals surface area contributed by atoms with Crippen molar-refractivity contribution in [3.63, 3.8) is 0 Å². The number of fused-ring (bicyclic) bond motifs is 2. The first-order valence-corrected chi connectivity index (χ1v) is 10.9. The molecule has 1 aliphatic rings. The Morgan fingerprint density at radius 2 is 1.94 bits per heavy atom. The lowest BCUT2D eigenvalue weighted by molar-refractivity contribution is 0.0882. The number of carbonyl (C=O) groups is 1. The summed E-state index contributed by atoms with van der Waals surface area (Å²) < 4.78 is 35.2. The zero-order valence-electron chi connectivity index (χ0n) is 16.9. The number of pyridine rings is 1. The smallest absolute Gasteiger partial charge is 0.344 e. The Labute approximate surface area is 179 Å². The summed E-state index contributed by atoms with van der Waals surface area (Å²) in [5.41, 5.74) is 7.00. The molecule has 10 heteroatoms. The molecule has 31 heavy (non-hydrogen) atoms. The summed E-state index contributed by atoms with van der Waals surface area (Å²) >= 11 is 0. The van der Waals surface area contributed by atoms with E-state index in [-0.39, 0.29) is 24.0 Å². The van der Waals surface area contributed by atoms with Gasteiger partial charge in [-0.2, -0.15) is 8.42 Å². The van der Waals surface area contributed by atoms with Gasteiger partial charge in [0, 0.05) is 11.6 Å². The van der Waals surface area contributed by atoms with Gasteiger partial charge in [-0.25, -0.2) is 0 Å². The maximum atomic E-state index is 12.9. The van der Waals surface area contributed by atoms with E-state index in [1.807, 2.05) is 38.1 Å². The molecule has 9 nitrogen and oxygen atoms in total. The average Bonchev–Trinajstić information content (AvgIpc) is 2.70. The van der Waals surface area contributed by atoms with Crippen LogP contribution in [0.25, 0.3) is 10.9 Å². The highest BCUT2D eigenvalue weighted by Crippen LogP contribution is 2.31. The van der Waals surface area contributed by atoms with Crippen LogP contribution >= 0.6 is 0 Å². The quantitative estimate of drug-likeness (QED) is 0.558. The van der Waals surface area contributed by atoms with Gasteiger partial charge in [0.05, 0.1) is 27.9 Å². The number of hydrogen-bond donors (Lipinski definition) is 3. The molecule has 160 valence electrons. The van der Waals surface area contributed by atoms with Crippen LogP contribution in [0.5, 0.6) is 5.75 Å². The summed E-state index contributed by atoms with van der Waals surface area (Å²) in [6.07, 6.45) is 1.60. The number of amides is 1. The van der Waals surface area contributed by atoms with E-state index < -0.39 is 15.7 Å². The number of ether oxygens (including phenoxy) is 1. The van der Waals surface area contributed by atoms with Gasteiger partial charge in [-0.1, -0.05) is 24.3 Å². The van der Waals surface area contributed by atoms with Crippen molar-refractivity contribution < 1.29 is 17.9 Å². The Bertz CT molecular complexity index is 1310. The standard InChI is InChI=1S/C21H21N5O4S/c1-21(2,24-20(27)14-10-11-23-15-7-4-3-6-13(14)15)12-30-17-9-5-8-16-18(17)19(22)26-31(28,29)25-16/h3-11,25H,12H2,1-2H3,(H2,22,26)(H,24,27). The fraction of sp³-hybridized carbons (Fsp3) is 0.190. The number of rotatable bonds is 5. The van der Waals surface area contributed by atoms with E-state index in [0.717, 1.165) is 10.9 Å². The molecule has 1 aromatic heterocycles. The van der Waals surface area contributed by atoms with Crippen molar-refractivity contribution in [2.24, 2.45) is 10.1 Å². The molecule has 0 atom stereocenters. The first kappa shape index (κ1) is 20.6. The van der Waals surface area contributed by atoms with Gasteiger partial charge >= 0.3 is 10.2 Å². The van der Waals surface area contributed by atoms with E-state index >= 15 is 0 Å². The SMILES string of the molecule is CC(C)(COc1cccc2c1C(N)=NS(=O)(=O)N2)NC(=O)c1ccnc2ccccc12. The summed E-state index contributed by atoms with van der Waals surface area (Å²) in [5.74, 6) is -0.0524. The normalized spacial score (nSPS) is 14.8. The van der Waals surface area contributed by atoms with Crippen molar-refractivity contribution in [2.45, 2.75) is 19.4 Å². The molecule has 3 aromatic rings. The lowest BCUT2D eigenvalue weighted by atomic mass is 10.0. The van der Waals surface area contributed by atoms with Crippen molar-refractivity contribution in [3.05, 3.63) is 65.9 Å². The predicted octanol–water partition coefficient (Wildman–Crippen LogP) is 2.20. The first-order chi connectivity index (χ1) is 14.7. The number of carbonyl (C=O) groups excluding carboxylic acids is 1. The molecule has 0 bridgehead atoms. The molecule has 0 radical (unpaired) electrons. The van der Waals surface area contributed by atoms with Crippen LogP contribution in [0.2, 0.25) is 0 Å². The van der Waals surface area contributed by atoms with Crippen LogP contribution in [0.1, 0.15) is 29.8 Å². The van der Waals surface area contributed by atoms with E-state index in [1.54, 1.807) is 30.5 Å². The second-order valence-electron chi connectivity index (χ2n) is 7.73. The van der Waals surface area contributed by atoms with Gasteiger partial charge in [-0.3, -0.25) is 14.5 Å². The minimum atomic E-state index is -3.87. The third-order valence-electron chi connectivity index (χ3n) is 4.67. The monoisotopic (exact) mass is 439 g/mol. The lowest BCUT2D eigenvalue weighted by Gasteiger charge is -2.28. The van der Waals surface area contributed by atoms with E-state index in [2.05, 4.69) is 19.4 Å². The fourth-order valence-electron chi connectivity index (χ4n) is 3.30. The fourth-order valence-corrected chi connectivity index (χ4v) is 4.14. The van der Waals surface area contributed by atoms with Gasteiger partial charge in [-0.15, -0.1) is 4.40 Å².